The molecule has 3 aliphatic rings. The molecule has 4 unspecified atom stereocenters. The molecule has 31 heavy (non-hydrogen) atoms. The predicted molar refractivity (Wildman–Crippen MR) is 124 cm³/mol. The van der Waals surface area contributed by atoms with Crippen LogP contribution in [0.1, 0.15) is 71.3 Å². The second-order valence-corrected chi connectivity index (χ2v) is 10.8. The van der Waals surface area contributed by atoms with Gasteiger partial charge in [0.1, 0.15) is 6.17 Å². The first-order valence-corrected chi connectivity index (χ1v) is 12.0. The van der Waals surface area contributed by atoms with Crippen molar-refractivity contribution < 1.29 is 13.9 Å². The molecule has 5 atom stereocenters. The molecular weight excluding hydrogens is 391 g/mol. The van der Waals surface area contributed by atoms with E-state index in [0.717, 1.165) is 58.3 Å². The first-order chi connectivity index (χ1) is 14.7. The molecule has 4 rings (SSSR count). The largest absolute Gasteiger partial charge is 0.381 e. The van der Waals surface area contributed by atoms with E-state index >= 15 is 0 Å². The van der Waals surface area contributed by atoms with Crippen molar-refractivity contribution >= 4 is 5.91 Å². The fraction of sp³-hybridized carbons (Fsp3) is 0.731. The molecule has 1 heterocycles. The lowest BCUT2D eigenvalue weighted by Crippen LogP contribution is -2.54. The van der Waals surface area contributed by atoms with Gasteiger partial charge in [-0.1, -0.05) is 44.2 Å². The smallest absolute Gasteiger partial charge is 0.223 e. The van der Waals surface area contributed by atoms with Gasteiger partial charge in [0.15, 0.2) is 0 Å². The van der Waals surface area contributed by atoms with Crippen molar-refractivity contribution in [2.24, 2.45) is 22.5 Å². The van der Waals surface area contributed by atoms with E-state index in [4.69, 9.17) is 10.5 Å². The number of piperidine rings is 1. The molecule has 0 radical (unpaired) electrons. The van der Waals surface area contributed by atoms with Gasteiger partial charge in [0.2, 0.25) is 5.91 Å². The van der Waals surface area contributed by atoms with E-state index in [2.05, 4.69) is 56.4 Å². The molecule has 3 fully saturated rings. The second kappa shape index (κ2) is 9.99. The molecule has 5 heteroatoms. The summed E-state index contributed by atoms with van der Waals surface area (Å²) >= 11 is 0. The van der Waals surface area contributed by atoms with E-state index in [0.29, 0.717) is 12.5 Å². The topological polar surface area (TPSA) is 64.3 Å². The first kappa shape index (κ1) is 24.2. The number of nitrogens with one attached hydrogen (secondary N) is 1. The molecule has 1 aromatic carbocycles. The van der Waals surface area contributed by atoms with Crippen molar-refractivity contribution in [1.29, 1.82) is 0 Å². The van der Waals surface area contributed by atoms with Crippen molar-refractivity contribution in [1.82, 2.24) is 5.32 Å². The Bertz CT molecular complexity index is 723. The fourth-order valence-electron chi connectivity index (χ4n) is 6.59. The van der Waals surface area contributed by atoms with Crippen molar-refractivity contribution in [2.75, 3.05) is 26.3 Å². The number of primary amides is 1. The van der Waals surface area contributed by atoms with E-state index in [1.54, 1.807) is 0 Å². The van der Waals surface area contributed by atoms with E-state index in [-0.39, 0.29) is 16.7 Å². The third kappa shape index (κ3) is 5.87. The second-order valence-electron chi connectivity index (χ2n) is 10.8. The van der Waals surface area contributed by atoms with Crippen LogP contribution in [-0.4, -0.2) is 38.4 Å². The Labute approximate surface area is 187 Å². The van der Waals surface area contributed by atoms with Crippen LogP contribution in [0.3, 0.4) is 0 Å². The zero-order valence-corrected chi connectivity index (χ0v) is 19.6. The van der Waals surface area contributed by atoms with Gasteiger partial charge < -0.3 is 15.8 Å². The minimum Gasteiger partial charge on any atom is -0.381 e. The van der Waals surface area contributed by atoms with Crippen molar-refractivity contribution in [3.63, 3.8) is 0 Å². The molecule has 0 spiro atoms. The van der Waals surface area contributed by atoms with Gasteiger partial charge in [0, 0.05) is 18.6 Å². The van der Waals surface area contributed by atoms with Gasteiger partial charge in [-0.2, -0.15) is 0 Å². The van der Waals surface area contributed by atoms with Gasteiger partial charge in [0.05, 0.1) is 6.61 Å². The number of alkyl halides is 1. The van der Waals surface area contributed by atoms with Gasteiger partial charge in [-0.3, -0.25) is 4.79 Å². The fourth-order valence-corrected chi connectivity index (χ4v) is 6.59. The third-order valence-electron chi connectivity index (χ3n) is 7.57. The Morgan fingerprint density at radius 2 is 1.94 bits per heavy atom. The van der Waals surface area contributed by atoms with Crippen LogP contribution in [0.25, 0.3) is 0 Å². The molecule has 1 aliphatic heterocycles. The minimum absolute atomic E-state index is 0.0397. The van der Waals surface area contributed by atoms with Gasteiger partial charge in [-0.25, -0.2) is 4.39 Å². The Balaban J connectivity index is 0.000000330. The molecule has 4 nitrogen and oxygen atoms in total. The summed E-state index contributed by atoms with van der Waals surface area (Å²) in [5.41, 5.74) is 7.01. The number of ether oxygens (including phenoxy) is 1. The van der Waals surface area contributed by atoms with Crippen LogP contribution in [0.2, 0.25) is 0 Å². The third-order valence-corrected chi connectivity index (χ3v) is 7.57. The van der Waals surface area contributed by atoms with E-state index < -0.39 is 11.6 Å². The number of rotatable bonds is 5. The SMILES string of the molecule is CCOC[C@@]1(C)CC2CC(C)(C(N)=O)CC(c3ccccc3)(C2)C1.FC1CCCNC1. The minimum atomic E-state index is -0.575. The van der Waals surface area contributed by atoms with Crippen molar-refractivity contribution in [3.05, 3.63) is 35.9 Å². The predicted octanol–water partition coefficient (Wildman–Crippen LogP) is 4.76. The number of halogens is 1. The average Bonchev–Trinajstić information content (AvgIpc) is 2.73. The molecule has 2 bridgehead atoms. The quantitative estimate of drug-likeness (QED) is 0.705. The van der Waals surface area contributed by atoms with Gasteiger partial charge in [-0.05, 0) is 80.7 Å². The molecule has 2 aliphatic carbocycles. The summed E-state index contributed by atoms with van der Waals surface area (Å²) in [5, 5.41) is 2.96. The lowest BCUT2D eigenvalue weighted by atomic mass is 9.47. The summed E-state index contributed by atoms with van der Waals surface area (Å²) in [6.07, 6.45) is 6.33. The number of carbonyl (C=O) groups is 1. The highest BCUT2D eigenvalue weighted by molar-refractivity contribution is 5.80. The van der Waals surface area contributed by atoms with Gasteiger partial charge >= 0.3 is 0 Å². The lowest BCUT2D eigenvalue weighted by Gasteiger charge is -2.57. The molecule has 1 saturated heterocycles. The number of hydrogen-bond acceptors (Lipinski definition) is 3. The van der Waals surface area contributed by atoms with Crippen LogP contribution in [0.15, 0.2) is 30.3 Å². The Morgan fingerprint density at radius 3 is 2.48 bits per heavy atom. The average molecular weight is 433 g/mol. The highest BCUT2D eigenvalue weighted by Gasteiger charge is 2.56. The first-order valence-electron chi connectivity index (χ1n) is 12.0. The molecule has 2 saturated carbocycles. The standard InChI is InChI=1S/C21H31NO2.C5H10FN/c1-4-24-15-19(2)10-16-11-20(3,18(22)23)14-21(12-16,13-19)17-8-6-5-7-9-17;6-5-2-1-3-7-4-5/h5-9,16H,4,10-15H2,1-3H3,(H2,22,23);5,7H,1-4H2/t16?,19-,20?,21?;/m0./s1. The summed E-state index contributed by atoms with van der Waals surface area (Å²) in [6.45, 7) is 9.63. The molecule has 1 aromatic rings. The number of carbonyl (C=O) groups excluding carboxylic acids is 1. The normalized spacial score (nSPS) is 37.4. The summed E-state index contributed by atoms with van der Waals surface area (Å²) in [5.74, 6) is 0.400. The Hall–Kier alpha value is -1.46. The number of benzene rings is 1. The number of amides is 1. The summed E-state index contributed by atoms with van der Waals surface area (Å²) in [6, 6.07) is 10.8. The van der Waals surface area contributed by atoms with E-state index in [1.807, 2.05) is 0 Å². The summed E-state index contributed by atoms with van der Waals surface area (Å²) in [4.78, 5) is 12.2. The van der Waals surface area contributed by atoms with Crippen molar-refractivity contribution in [2.45, 2.75) is 77.3 Å². The molecular formula is C26H41FN2O2. The van der Waals surface area contributed by atoms with Crippen LogP contribution < -0.4 is 11.1 Å². The Morgan fingerprint density at radius 1 is 1.19 bits per heavy atom. The highest BCUT2D eigenvalue weighted by atomic mass is 19.1. The molecule has 3 N–H and O–H groups in total. The van der Waals surface area contributed by atoms with Crippen LogP contribution in [-0.2, 0) is 14.9 Å². The van der Waals surface area contributed by atoms with E-state index in [1.165, 1.54) is 12.0 Å². The Kier molecular flexibility index (Phi) is 7.80. The number of hydrogen-bond donors (Lipinski definition) is 2. The maximum absolute atomic E-state index is 12.2. The zero-order chi connectivity index (χ0) is 22.5. The van der Waals surface area contributed by atoms with Gasteiger partial charge in [-0.15, -0.1) is 0 Å². The molecule has 0 aromatic heterocycles. The van der Waals surface area contributed by atoms with Crippen LogP contribution in [0.5, 0.6) is 0 Å². The summed E-state index contributed by atoms with van der Waals surface area (Å²) in [7, 11) is 0. The maximum Gasteiger partial charge on any atom is 0.223 e. The summed E-state index contributed by atoms with van der Waals surface area (Å²) < 4.78 is 18.0. The maximum atomic E-state index is 12.2. The zero-order valence-electron chi connectivity index (χ0n) is 19.6. The number of fused-ring (bicyclic) bond motifs is 2. The monoisotopic (exact) mass is 432 g/mol. The number of nitrogens with two attached hydrogens (primary N) is 1. The van der Waals surface area contributed by atoms with Gasteiger partial charge in [0.25, 0.3) is 0 Å². The van der Waals surface area contributed by atoms with Crippen LogP contribution in [0.4, 0.5) is 4.39 Å². The lowest BCUT2D eigenvalue weighted by molar-refractivity contribution is -0.135. The molecule has 1 amide bonds. The van der Waals surface area contributed by atoms with Crippen LogP contribution in [0, 0.1) is 16.7 Å². The molecule has 174 valence electrons. The van der Waals surface area contributed by atoms with E-state index in [9.17, 15) is 9.18 Å². The van der Waals surface area contributed by atoms with Crippen LogP contribution >= 0.6 is 0 Å². The van der Waals surface area contributed by atoms with Crippen molar-refractivity contribution in [3.8, 4) is 0 Å². The highest BCUT2D eigenvalue weighted by Crippen LogP contribution is 2.61.